The summed E-state index contributed by atoms with van der Waals surface area (Å²) in [6.07, 6.45) is 3.87. The number of sulfonamides is 1. The number of methoxy groups -OCH3 is 1. The van der Waals surface area contributed by atoms with Crippen molar-refractivity contribution in [2.45, 2.75) is 185 Å². The number of carbonyl (C=O) groups excluding carboxylic acids is 8. The standard InChI is InChI=1S/C63H101N13O11S/c1-41(2)34-53(73-57(78)49(67)38-45-22-12-9-13-23-45)61(82)72-52(26-16-19-33-66)60(81)74-55(36-43(5)6)63(84)75-54(35-42(3)4)62(83)71-51(25-15-18-32-65)59(80)70-50(24-14-17-31-64)58(79)69-46(37-44-20-10-8-11-21-44)39-76(40-56(68)77)88(85,86)48-29-27-47(87-7)28-30-48/h8-13,20-23,27-30,41-43,46,49-55H,14-19,24-26,31-40,64-67H2,1-7H3,(H2,68,77)(H,69,79)(H,70,80)(H,71,83)(H,72,82)(H,73,78)(H,74,81)(H,75,84)/t46-,49-,50-,51-,52-,53-,54-,55-/m0/s1. The minimum absolute atomic E-state index is 0.0428. The van der Waals surface area contributed by atoms with Gasteiger partial charge >= 0.3 is 0 Å². The number of amides is 8. The zero-order valence-electron chi connectivity index (χ0n) is 52.6. The Morgan fingerprint density at radius 3 is 1.16 bits per heavy atom. The van der Waals surface area contributed by atoms with Gasteiger partial charge in [0, 0.05) is 12.6 Å². The zero-order chi connectivity index (χ0) is 65.3. The number of nitrogens with one attached hydrogen (secondary N) is 7. The van der Waals surface area contributed by atoms with Crippen molar-refractivity contribution in [3.8, 4) is 5.75 Å². The molecule has 0 aliphatic carbocycles. The van der Waals surface area contributed by atoms with E-state index >= 15 is 0 Å². The summed E-state index contributed by atoms with van der Waals surface area (Å²) in [5, 5.41) is 19.9. The van der Waals surface area contributed by atoms with E-state index in [0.717, 1.165) is 15.4 Å². The van der Waals surface area contributed by atoms with Gasteiger partial charge in [-0.1, -0.05) is 102 Å². The number of benzene rings is 3. The lowest BCUT2D eigenvalue weighted by molar-refractivity contribution is -0.136. The van der Waals surface area contributed by atoms with Crippen LogP contribution in [0.2, 0.25) is 0 Å². The van der Waals surface area contributed by atoms with Gasteiger partial charge in [-0.3, -0.25) is 38.4 Å². The van der Waals surface area contributed by atoms with Crippen LogP contribution in [-0.2, 0) is 61.2 Å². The molecule has 0 spiro atoms. The molecule has 0 saturated carbocycles. The molecule has 0 saturated heterocycles. The van der Waals surface area contributed by atoms with Crippen molar-refractivity contribution >= 4 is 57.3 Å². The summed E-state index contributed by atoms with van der Waals surface area (Å²) in [6, 6.07) is 14.7. The van der Waals surface area contributed by atoms with Gasteiger partial charge in [0.1, 0.15) is 42.0 Å². The van der Waals surface area contributed by atoms with Gasteiger partial charge in [-0.2, -0.15) is 4.31 Å². The second kappa shape index (κ2) is 39.8. The first-order valence-corrected chi connectivity index (χ1v) is 32.2. The summed E-state index contributed by atoms with van der Waals surface area (Å²) in [7, 11) is -2.95. The fraction of sp³-hybridized carbons (Fsp3) is 0.587. The van der Waals surface area contributed by atoms with Gasteiger partial charge in [-0.15, -0.1) is 0 Å². The van der Waals surface area contributed by atoms with Gasteiger partial charge in [0.25, 0.3) is 0 Å². The molecular formula is C63H101N13O11S. The van der Waals surface area contributed by atoms with E-state index in [-0.39, 0.29) is 87.1 Å². The Labute approximate surface area is 520 Å². The molecule has 88 heavy (non-hydrogen) atoms. The van der Waals surface area contributed by atoms with Crippen molar-refractivity contribution in [3.05, 3.63) is 96.1 Å². The maximum Gasteiger partial charge on any atom is 0.243 e. The molecule has 0 aliphatic rings. The number of ether oxygens (including phenoxy) is 1. The highest BCUT2D eigenvalue weighted by molar-refractivity contribution is 7.89. The normalized spacial score (nSPS) is 14.4. The Hall–Kier alpha value is -7.03. The van der Waals surface area contributed by atoms with Gasteiger partial charge in [0.05, 0.1) is 24.6 Å². The molecule has 0 bridgehead atoms. The molecule has 0 radical (unpaired) electrons. The van der Waals surface area contributed by atoms with Crippen LogP contribution in [0.15, 0.2) is 89.8 Å². The fourth-order valence-corrected chi connectivity index (χ4v) is 11.4. The number of rotatable bonds is 43. The van der Waals surface area contributed by atoms with Crippen LogP contribution in [0.3, 0.4) is 0 Å². The zero-order valence-corrected chi connectivity index (χ0v) is 53.4. The number of carbonyl (C=O) groups is 8. The quantitative estimate of drug-likeness (QED) is 0.0360. The lowest BCUT2D eigenvalue weighted by Crippen LogP contribution is -2.60. The third-order valence-corrected chi connectivity index (χ3v) is 16.3. The van der Waals surface area contributed by atoms with Crippen LogP contribution in [0.25, 0.3) is 0 Å². The summed E-state index contributed by atoms with van der Waals surface area (Å²) >= 11 is 0. The molecule has 0 aromatic heterocycles. The molecule has 0 aliphatic heterocycles. The molecule has 25 heteroatoms. The van der Waals surface area contributed by atoms with E-state index in [4.69, 9.17) is 33.4 Å². The molecule has 3 rings (SSSR count). The molecule has 0 fully saturated rings. The Morgan fingerprint density at radius 1 is 0.466 bits per heavy atom. The Bertz CT molecular complexity index is 2740. The summed E-state index contributed by atoms with van der Waals surface area (Å²) in [5.41, 5.74) is 31.1. The largest absolute Gasteiger partial charge is 0.497 e. The highest BCUT2D eigenvalue weighted by Gasteiger charge is 2.36. The Morgan fingerprint density at radius 2 is 0.807 bits per heavy atom. The Balaban J connectivity index is 1.93. The summed E-state index contributed by atoms with van der Waals surface area (Å²) in [4.78, 5) is 113. The summed E-state index contributed by atoms with van der Waals surface area (Å²) in [6.45, 7) is 11.0. The molecule has 3 aromatic carbocycles. The number of unbranched alkanes of at least 4 members (excludes halogenated alkanes) is 3. The highest BCUT2D eigenvalue weighted by Crippen LogP contribution is 2.21. The van der Waals surface area contributed by atoms with Crippen LogP contribution >= 0.6 is 0 Å². The van der Waals surface area contributed by atoms with Crippen molar-refractivity contribution in [2.24, 2.45) is 46.4 Å². The van der Waals surface area contributed by atoms with Crippen LogP contribution in [-0.4, -0.2) is 148 Å². The van der Waals surface area contributed by atoms with Gasteiger partial charge < -0.3 is 70.6 Å². The van der Waals surface area contributed by atoms with Crippen LogP contribution in [0, 0.1) is 17.8 Å². The van der Waals surface area contributed by atoms with Gasteiger partial charge in [0.15, 0.2) is 0 Å². The van der Waals surface area contributed by atoms with E-state index in [2.05, 4.69) is 37.2 Å². The average Bonchev–Trinajstić information content (AvgIpc) is 1.39. The second-order valence-electron chi connectivity index (χ2n) is 23.7. The molecule has 24 nitrogen and oxygen atoms in total. The molecule has 17 N–H and O–H groups in total. The Kier molecular flexibility index (Phi) is 34.0. The predicted molar refractivity (Wildman–Crippen MR) is 340 cm³/mol. The lowest BCUT2D eigenvalue weighted by Gasteiger charge is -2.30. The molecule has 0 unspecified atom stereocenters. The van der Waals surface area contributed by atoms with E-state index in [1.165, 1.54) is 31.4 Å². The predicted octanol–water partition coefficient (Wildman–Crippen LogP) is 1.90. The first kappa shape index (κ1) is 75.2. The lowest BCUT2D eigenvalue weighted by atomic mass is 9.98. The maximum absolute atomic E-state index is 14.6. The van der Waals surface area contributed by atoms with E-state index < -0.39 is 119 Å². The van der Waals surface area contributed by atoms with Crippen LogP contribution in [0.5, 0.6) is 5.75 Å². The molecule has 490 valence electrons. The molecule has 3 aromatic rings. The monoisotopic (exact) mass is 1250 g/mol. The highest BCUT2D eigenvalue weighted by atomic mass is 32.2. The summed E-state index contributed by atoms with van der Waals surface area (Å²) < 4.78 is 34.4. The van der Waals surface area contributed by atoms with Crippen molar-refractivity contribution in [1.29, 1.82) is 0 Å². The van der Waals surface area contributed by atoms with Crippen LogP contribution < -0.4 is 70.6 Å². The van der Waals surface area contributed by atoms with E-state index in [9.17, 15) is 46.8 Å². The smallest absolute Gasteiger partial charge is 0.243 e. The average molecular weight is 1250 g/mol. The minimum Gasteiger partial charge on any atom is -0.497 e. The van der Waals surface area contributed by atoms with Gasteiger partial charge in [0.2, 0.25) is 57.3 Å². The minimum atomic E-state index is -4.39. The number of primary amides is 1. The first-order valence-electron chi connectivity index (χ1n) is 30.8. The van der Waals surface area contributed by atoms with Gasteiger partial charge in [-0.05, 0) is 163 Å². The third-order valence-electron chi connectivity index (χ3n) is 14.5. The number of hydrogen-bond donors (Lipinski definition) is 12. The maximum atomic E-state index is 14.6. The number of nitrogens with two attached hydrogens (primary N) is 5. The third kappa shape index (κ3) is 27.6. The van der Waals surface area contributed by atoms with Crippen LogP contribution in [0.1, 0.15) is 130 Å². The topological polar surface area (TPSA) is 397 Å². The van der Waals surface area contributed by atoms with Crippen LogP contribution in [0.4, 0.5) is 0 Å². The van der Waals surface area contributed by atoms with Gasteiger partial charge in [-0.25, -0.2) is 8.42 Å². The van der Waals surface area contributed by atoms with Crippen molar-refractivity contribution in [1.82, 2.24) is 41.5 Å². The SMILES string of the molecule is COc1ccc(S(=O)(=O)N(CC(N)=O)C[C@H](Cc2ccccc2)NC(=O)[C@H](CCCCN)NC(=O)[C@H](CCCCN)NC(=O)[C@H](CC(C)C)NC(=O)[C@H](CC(C)C)NC(=O)[C@H](CCCCN)NC(=O)[C@H](CC(C)C)NC(=O)[C@@H](N)Cc2ccccc2)cc1. The number of hydrogen-bond acceptors (Lipinski definition) is 15. The van der Waals surface area contributed by atoms with Crippen molar-refractivity contribution in [2.75, 3.05) is 39.8 Å². The first-order chi connectivity index (χ1) is 41.8. The number of nitrogens with zero attached hydrogens (tertiary/aromatic N) is 1. The fourth-order valence-electron chi connectivity index (χ4n) is 9.92. The van der Waals surface area contributed by atoms with Crippen molar-refractivity contribution in [3.63, 3.8) is 0 Å². The van der Waals surface area contributed by atoms with E-state index in [1.54, 1.807) is 30.3 Å². The van der Waals surface area contributed by atoms with E-state index in [0.29, 0.717) is 50.8 Å². The second-order valence-corrected chi connectivity index (χ2v) is 25.7. The molecular weight excluding hydrogens is 1150 g/mol. The summed E-state index contributed by atoms with van der Waals surface area (Å²) in [5.74, 6) is -5.50. The molecule has 8 atom stereocenters. The van der Waals surface area contributed by atoms with E-state index in [1.807, 2.05) is 71.9 Å². The molecule has 0 heterocycles. The molecule has 8 amide bonds. The van der Waals surface area contributed by atoms with Crippen molar-refractivity contribution < 1.29 is 51.5 Å².